The third kappa shape index (κ3) is 7.06. The van der Waals surface area contributed by atoms with Crippen molar-refractivity contribution in [1.82, 2.24) is 5.32 Å². The topological polar surface area (TPSA) is 59.6 Å². The van der Waals surface area contributed by atoms with E-state index >= 15 is 0 Å². The highest BCUT2D eigenvalue weighted by Gasteiger charge is 2.12. The van der Waals surface area contributed by atoms with E-state index in [0.29, 0.717) is 17.5 Å². The highest BCUT2D eigenvalue weighted by molar-refractivity contribution is 5.91. The maximum atomic E-state index is 12.2. The largest absolute Gasteiger partial charge is 0.493 e. The molecule has 0 saturated heterocycles. The Labute approximate surface area is 180 Å². The molecular formula is C25H34N2O3. The van der Waals surface area contributed by atoms with Gasteiger partial charge < -0.3 is 20.1 Å². The van der Waals surface area contributed by atoms with E-state index in [9.17, 15) is 4.79 Å². The molecule has 5 heteroatoms. The number of amides is 1. The van der Waals surface area contributed by atoms with Gasteiger partial charge in [0.25, 0.3) is 5.91 Å². The maximum Gasteiger partial charge on any atom is 0.262 e. The van der Waals surface area contributed by atoms with Crippen LogP contribution in [0.25, 0.3) is 0 Å². The number of carbonyl (C=O) groups excluding carboxylic acids is 1. The third-order valence-electron chi connectivity index (χ3n) is 5.62. The lowest BCUT2D eigenvalue weighted by atomic mass is 9.96. The van der Waals surface area contributed by atoms with Crippen molar-refractivity contribution in [2.45, 2.75) is 64.5 Å². The molecule has 5 nitrogen and oxygen atoms in total. The minimum atomic E-state index is -0.198. The molecule has 2 N–H and O–H groups in total. The number of methoxy groups -OCH3 is 1. The van der Waals surface area contributed by atoms with Gasteiger partial charge in [-0.1, -0.05) is 55.9 Å². The molecule has 1 amide bonds. The van der Waals surface area contributed by atoms with Crippen LogP contribution in [-0.4, -0.2) is 25.7 Å². The highest BCUT2D eigenvalue weighted by Crippen LogP contribution is 2.28. The van der Waals surface area contributed by atoms with Crippen molar-refractivity contribution in [3.05, 3.63) is 53.6 Å². The van der Waals surface area contributed by atoms with Gasteiger partial charge in [-0.25, -0.2) is 0 Å². The summed E-state index contributed by atoms with van der Waals surface area (Å²) in [4.78, 5) is 12.2. The number of benzene rings is 2. The van der Waals surface area contributed by atoms with Crippen LogP contribution in [-0.2, 0) is 11.3 Å². The van der Waals surface area contributed by atoms with Crippen LogP contribution in [0.5, 0.6) is 11.5 Å². The first kappa shape index (κ1) is 22.2. The third-order valence-corrected chi connectivity index (χ3v) is 5.62. The van der Waals surface area contributed by atoms with Gasteiger partial charge >= 0.3 is 0 Å². The lowest BCUT2D eigenvalue weighted by Crippen LogP contribution is -2.29. The molecule has 0 aliphatic heterocycles. The molecule has 2 aromatic carbocycles. The van der Waals surface area contributed by atoms with Crippen molar-refractivity contribution >= 4 is 11.6 Å². The van der Waals surface area contributed by atoms with Crippen LogP contribution in [0.1, 0.15) is 56.1 Å². The molecule has 162 valence electrons. The van der Waals surface area contributed by atoms with Crippen molar-refractivity contribution in [2.24, 2.45) is 0 Å². The molecule has 1 fully saturated rings. The summed E-state index contributed by atoms with van der Waals surface area (Å²) in [5, 5.41) is 6.54. The number of carbonyl (C=O) groups is 1. The Kier molecular flexibility index (Phi) is 8.57. The fourth-order valence-corrected chi connectivity index (χ4v) is 3.84. The number of rotatable bonds is 8. The molecule has 0 atom stereocenters. The average molecular weight is 411 g/mol. The van der Waals surface area contributed by atoms with Gasteiger partial charge in [0, 0.05) is 18.3 Å². The number of aryl methyl sites for hydroxylation is 1. The summed E-state index contributed by atoms with van der Waals surface area (Å²) in [5.41, 5.74) is 3.07. The Hall–Kier alpha value is -2.53. The van der Waals surface area contributed by atoms with Crippen molar-refractivity contribution in [1.29, 1.82) is 0 Å². The zero-order valence-corrected chi connectivity index (χ0v) is 18.2. The first-order valence-electron chi connectivity index (χ1n) is 11.0. The first-order chi connectivity index (χ1) is 14.6. The van der Waals surface area contributed by atoms with E-state index in [2.05, 4.69) is 10.6 Å². The summed E-state index contributed by atoms with van der Waals surface area (Å²) in [6.07, 6.45) is 9.25. The second kappa shape index (κ2) is 11.6. The molecule has 0 spiro atoms. The van der Waals surface area contributed by atoms with Crippen molar-refractivity contribution < 1.29 is 14.3 Å². The van der Waals surface area contributed by atoms with Crippen LogP contribution in [0.4, 0.5) is 5.69 Å². The van der Waals surface area contributed by atoms with Crippen molar-refractivity contribution in [3.8, 4) is 11.5 Å². The predicted molar refractivity (Wildman–Crippen MR) is 121 cm³/mol. The van der Waals surface area contributed by atoms with Crippen LogP contribution >= 0.6 is 0 Å². The van der Waals surface area contributed by atoms with E-state index in [1.165, 1.54) is 44.9 Å². The van der Waals surface area contributed by atoms with E-state index in [-0.39, 0.29) is 12.5 Å². The Morgan fingerprint density at radius 2 is 1.67 bits per heavy atom. The summed E-state index contributed by atoms with van der Waals surface area (Å²) in [7, 11) is 1.63. The van der Waals surface area contributed by atoms with E-state index in [1.54, 1.807) is 7.11 Å². The molecule has 1 aliphatic rings. The number of ether oxygens (including phenoxy) is 2. The van der Waals surface area contributed by atoms with Gasteiger partial charge in [0.15, 0.2) is 18.1 Å². The molecule has 0 aromatic heterocycles. The Morgan fingerprint density at radius 3 is 2.37 bits per heavy atom. The fourth-order valence-electron chi connectivity index (χ4n) is 3.84. The molecule has 0 bridgehead atoms. The van der Waals surface area contributed by atoms with E-state index in [1.807, 2.05) is 49.4 Å². The zero-order chi connectivity index (χ0) is 21.2. The monoisotopic (exact) mass is 410 g/mol. The lowest BCUT2D eigenvalue weighted by Gasteiger charge is -2.21. The molecule has 30 heavy (non-hydrogen) atoms. The molecule has 3 rings (SSSR count). The van der Waals surface area contributed by atoms with Gasteiger partial charge in [0.2, 0.25) is 0 Å². The van der Waals surface area contributed by atoms with Gasteiger partial charge in [-0.2, -0.15) is 0 Å². The molecule has 1 aliphatic carbocycles. The summed E-state index contributed by atoms with van der Waals surface area (Å²) in [6.45, 7) is 2.76. The van der Waals surface area contributed by atoms with Gasteiger partial charge in [-0.05, 0) is 49.6 Å². The predicted octanol–water partition coefficient (Wildman–Crippen LogP) is 5.22. The van der Waals surface area contributed by atoms with E-state index in [4.69, 9.17) is 9.47 Å². The van der Waals surface area contributed by atoms with Crippen LogP contribution in [0, 0.1) is 6.92 Å². The summed E-state index contributed by atoms with van der Waals surface area (Å²) < 4.78 is 11.2. The number of anilines is 1. The summed E-state index contributed by atoms with van der Waals surface area (Å²) in [5.74, 6) is 1.03. The second-order valence-corrected chi connectivity index (χ2v) is 8.11. The number of nitrogens with one attached hydrogen (secondary N) is 2. The standard InChI is InChI=1S/C25H34N2O3/c1-19-10-13-22(14-11-19)27-25(28)18-30-23-15-12-20(16-24(23)29-2)17-26-21-8-6-4-3-5-7-9-21/h10-16,21,26H,3-9,17-18H2,1-2H3,(H,27,28). The summed E-state index contributed by atoms with van der Waals surface area (Å²) in [6, 6.07) is 14.2. The summed E-state index contributed by atoms with van der Waals surface area (Å²) >= 11 is 0. The van der Waals surface area contributed by atoms with Gasteiger partial charge in [0.05, 0.1) is 7.11 Å². The Morgan fingerprint density at radius 1 is 0.967 bits per heavy atom. The molecular weight excluding hydrogens is 376 g/mol. The lowest BCUT2D eigenvalue weighted by molar-refractivity contribution is -0.118. The maximum absolute atomic E-state index is 12.2. The number of hydrogen-bond donors (Lipinski definition) is 2. The zero-order valence-electron chi connectivity index (χ0n) is 18.2. The SMILES string of the molecule is COc1cc(CNC2CCCCCCC2)ccc1OCC(=O)Nc1ccc(C)cc1. The molecule has 1 saturated carbocycles. The van der Waals surface area contributed by atoms with Crippen LogP contribution in [0.2, 0.25) is 0 Å². The first-order valence-corrected chi connectivity index (χ1v) is 11.0. The minimum absolute atomic E-state index is 0.0656. The molecule has 2 aromatic rings. The van der Waals surface area contributed by atoms with E-state index < -0.39 is 0 Å². The minimum Gasteiger partial charge on any atom is -0.493 e. The normalized spacial score (nSPS) is 15.1. The van der Waals surface area contributed by atoms with Crippen molar-refractivity contribution in [2.75, 3.05) is 19.0 Å². The Bertz CT molecular complexity index is 797. The van der Waals surface area contributed by atoms with Crippen LogP contribution in [0.15, 0.2) is 42.5 Å². The Balaban J connectivity index is 1.50. The molecule has 0 unspecified atom stereocenters. The molecule has 0 radical (unpaired) electrons. The highest BCUT2D eigenvalue weighted by atomic mass is 16.5. The fraction of sp³-hybridized carbons (Fsp3) is 0.480. The van der Waals surface area contributed by atoms with Gasteiger partial charge in [-0.15, -0.1) is 0 Å². The van der Waals surface area contributed by atoms with Gasteiger partial charge in [-0.3, -0.25) is 4.79 Å². The van der Waals surface area contributed by atoms with E-state index in [0.717, 1.165) is 23.4 Å². The van der Waals surface area contributed by atoms with Crippen LogP contribution < -0.4 is 20.1 Å². The van der Waals surface area contributed by atoms with Gasteiger partial charge in [0.1, 0.15) is 0 Å². The second-order valence-electron chi connectivity index (χ2n) is 8.11. The smallest absolute Gasteiger partial charge is 0.262 e. The average Bonchev–Trinajstić information content (AvgIpc) is 2.73. The quantitative estimate of drug-likeness (QED) is 0.626. The van der Waals surface area contributed by atoms with Crippen LogP contribution in [0.3, 0.4) is 0 Å². The molecule has 0 heterocycles. The number of hydrogen-bond acceptors (Lipinski definition) is 4. The van der Waals surface area contributed by atoms with Crippen molar-refractivity contribution in [3.63, 3.8) is 0 Å².